The number of carbonyl (C=O) groups is 2. The molecule has 0 bridgehead atoms. The Morgan fingerprint density at radius 3 is 2.58 bits per heavy atom. The Balaban J connectivity index is 2.10. The van der Waals surface area contributed by atoms with Crippen molar-refractivity contribution in [2.45, 2.75) is 32.6 Å². The SMILES string of the molecule is COCCC1(CNC(=O)NCCC(C)C(=O)O)CC1. The Labute approximate surface area is 113 Å². The summed E-state index contributed by atoms with van der Waals surface area (Å²) >= 11 is 0. The first-order valence-electron chi connectivity index (χ1n) is 6.72. The first kappa shape index (κ1) is 15.8. The van der Waals surface area contributed by atoms with Crippen LogP contribution in [0.25, 0.3) is 0 Å². The maximum atomic E-state index is 11.5. The van der Waals surface area contributed by atoms with Gasteiger partial charge in [-0.2, -0.15) is 0 Å². The van der Waals surface area contributed by atoms with Crippen LogP contribution >= 0.6 is 0 Å². The summed E-state index contributed by atoms with van der Waals surface area (Å²) in [7, 11) is 1.68. The van der Waals surface area contributed by atoms with Crippen LogP contribution in [-0.4, -0.2) is 43.9 Å². The Morgan fingerprint density at radius 1 is 1.37 bits per heavy atom. The molecule has 2 amide bonds. The fourth-order valence-corrected chi connectivity index (χ4v) is 1.87. The monoisotopic (exact) mass is 272 g/mol. The molecule has 0 spiro atoms. The van der Waals surface area contributed by atoms with Crippen LogP contribution in [-0.2, 0) is 9.53 Å². The lowest BCUT2D eigenvalue weighted by atomic mass is 10.0. The quantitative estimate of drug-likeness (QED) is 0.589. The largest absolute Gasteiger partial charge is 0.481 e. The molecule has 1 aliphatic carbocycles. The van der Waals surface area contributed by atoms with E-state index in [0.29, 0.717) is 19.5 Å². The van der Waals surface area contributed by atoms with Gasteiger partial charge in [-0.25, -0.2) is 4.79 Å². The predicted octanol–water partition coefficient (Wildman–Crippen LogP) is 1.21. The van der Waals surface area contributed by atoms with Gasteiger partial charge in [-0.05, 0) is 31.1 Å². The number of aliphatic carboxylic acids is 1. The van der Waals surface area contributed by atoms with Crippen LogP contribution in [0.2, 0.25) is 0 Å². The summed E-state index contributed by atoms with van der Waals surface area (Å²) in [6.07, 6.45) is 3.68. The average molecular weight is 272 g/mol. The number of ether oxygens (including phenoxy) is 1. The van der Waals surface area contributed by atoms with Gasteiger partial charge >= 0.3 is 12.0 Å². The summed E-state index contributed by atoms with van der Waals surface area (Å²) in [5.41, 5.74) is 0.224. The first-order valence-corrected chi connectivity index (χ1v) is 6.72. The fourth-order valence-electron chi connectivity index (χ4n) is 1.87. The molecule has 0 aromatic rings. The fraction of sp³-hybridized carbons (Fsp3) is 0.846. The Hall–Kier alpha value is -1.30. The van der Waals surface area contributed by atoms with Crippen molar-refractivity contribution in [2.24, 2.45) is 11.3 Å². The second-order valence-electron chi connectivity index (χ2n) is 5.38. The molecule has 1 atom stereocenters. The van der Waals surface area contributed by atoms with Crippen LogP contribution in [0.3, 0.4) is 0 Å². The van der Waals surface area contributed by atoms with Crippen LogP contribution in [0.15, 0.2) is 0 Å². The third-order valence-corrected chi connectivity index (χ3v) is 3.70. The second-order valence-corrected chi connectivity index (χ2v) is 5.38. The van der Waals surface area contributed by atoms with Crippen LogP contribution < -0.4 is 10.6 Å². The van der Waals surface area contributed by atoms with Gasteiger partial charge in [0.2, 0.25) is 0 Å². The van der Waals surface area contributed by atoms with E-state index >= 15 is 0 Å². The number of amides is 2. The molecule has 3 N–H and O–H groups in total. The zero-order valence-corrected chi connectivity index (χ0v) is 11.7. The number of nitrogens with one attached hydrogen (secondary N) is 2. The van der Waals surface area contributed by atoms with E-state index in [1.165, 1.54) is 0 Å². The smallest absolute Gasteiger partial charge is 0.314 e. The third-order valence-electron chi connectivity index (χ3n) is 3.70. The highest BCUT2D eigenvalue weighted by atomic mass is 16.5. The Kier molecular flexibility index (Phi) is 6.08. The minimum Gasteiger partial charge on any atom is -0.481 e. The number of methoxy groups -OCH3 is 1. The molecular formula is C13H24N2O4. The molecule has 1 rings (SSSR count). The van der Waals surface area contributed by atoms with E-state index in [2.05, 4.69) is 10.6 Å². The highest BCUT2D eigenvalue weighted by Crippen LogP contribution is 2.48. The van der Waals surface area contributed by atoms with Crippen molar-refractivity contribution in [2.75, 3.05) is 26.8 Å². The lowest BCUT2D eigenvalue weighted by Crippen LogP contribution is -2.40. The summed E-state index contributed by atoms with van der Waals surface area (Å²) in [4.78, 5) is 22.1. The van der Waals surface area contributed by atoms with Gasteiger partial charge in [-0.3, -0.25) is 4.79 Å². The van der Waals surface area contributed by atoms with Crippen molar-refractivity contribution in [1.29, 1.82) is 0 Å². The summed E-state index contributed by atoms with van der Waals surface area (Å²) in [6, 6.07) is -0.221. The van der Waals surface area contributed by atoms with Gasteiger partial charge in [0, 0.05) is 26.8 Å². The molecule has 0 aromatic heterocycles. The van der Waals surface area contributed by atoms with E-state index in [1.54, 1.807) is 14.0 Å². The number of urea groups is 1. The van der Waals surface area contributed by atoms with Gasteiger partial charge in [-0.15, -0.1) is 0 Å². The van der Waals surface area contributed by atoms with Crippen LogP contribution in [0, 0.1) is 11.3 Å². The van der Waals surface area contributed by atoms with Gasteiger partial charge in [0.25, 0.3) is 0 Å². The molecule has 6 heteroatoms. The van der Waals surface area contributed by atoms with Gasteiger partial charge in [0.1, 0.15) is 0 Å². The minimum absolute atomic E-state index is 0.221. The van der Waals surface area contributed by atoms with Gasteiger partial charge in [-0.1, -0.05) is 6.92 Å². The molecule has 1 fully saturated rings. The number of carboxylic acid groups (broad SMARTS) is 1. The summed E-state index contributed by atoms with van der Waals surface area (Å²) in [6.45, 7) is 3.40. The highest BCUT2D eigenvalue weighted by molar-refractivity contribution is 5.74. The minimum atomic E-state index is -0.835. The van der Waals surface area contributed by atoms with E-state index in [4.69, 9.17) is 9.84 Å². The van der Waals surface area contributed by atoms with Crippen molar-refractivity contribution >= 4 is 12.0 Å². The zero-order valence-electron chi connectivity index (χ0n) is 11.7. The number of carbonyl (C=O) groups excluding carboxylic acids is 1. The lowest BCUT2D eigenvalue weighted by Gasteiger charge is -2.16. The molecule has 0 heterocycles. The van der Waals surface area contributed by atoms with Gasteiger partial charge in [0.15, 0.2) is 0 Å². The normalized spacial score (nSPS) is 17.6. The van der Waals surface area contributed by atoms with Crippen molar-refractivity contribution in [1.82, 2.24) is 10.6 Å². The Bertz CT molecular complexity index is 316. The molecule has 0 saturated heterocycles. The molecule has 0 radical (unpaired) electrons. The van der Waals surface area contributed by atoms with Crippen molar-refractivity contribution < 1.29 is 19.4 Å². The van der Waals surface area contributed by atoms with Crippen LogP contribution in [0.5, 0.6) is 0 Å². The molecule has 0 aromatic carbocycles. The summed E-state index contributed by atoms with van der Waals surface area (Å²) in [5.74, 6) is -1.27. The van der Waals surface area contributed by atoms with E-state index in [-0.39, 0.29) is 11.4 Å². The maximum Gasteiger partial charge on any atom is 0.314 e. The lowest BCUT2D eigenvalue weighted by molar-refractivity contribution is -0.141. The number of carboxylic acids is 1. The number of rotatable bonds is 9. The van der Waals surface area contributed by atoms with Crippen molar-refractivity contribution in [3.8, 4) is 0 Å². The molecule has 19 heavy (non-hydrogen) atoms. The molecule has 1 aliphatic rings. The standard InChI is InChI=1S/C13H24N2O4/c1-10(11(16)17)3-7-14-12(18)15-9-13(4-5-13)6-8-19-2/h10H,3-9H2,1-2H3,(H,16,17)(H2,14,15,18). The third kappa shape index (κ3) is 5.92. The number of hydrogen-bond acceptors (Lipinski definition) is 3. The average Bonchev–Trinajstić information content (AvgIpc) is 3.14. The van der Waals surface area contributed by atoms with Gasteiger partial charge < -0.3 is 20.5 Å². The van der Waals surface area contributed by atoms with E-state index < -0.39 is 11.9 Å². The van der Waals surface area contributed by atoms with Gasteiger partial charge in [0.05, 0.1) is 5.92 Å². The second kappa shape index (κ2) is 7.33. The molecule has 0 aliphatic heterocycles. The molecule has 110 valence electrons. The molecular weight excluding hydrogens is 248 g/mol. The van der Waals surface area contributed by atoms with Crippen LogP contribution in [0.1, 0.15) is 32.6 Å². The van der Waals surface area contributed by atoms with Crippen LogP contribution in [0.4, 0.5) is 4.79 Å². The first-order chi connectivity index (χ1) is 8.99. The number of hydrogen-bond donors (Lipinski definition) is 3. The van der Waals surface area contributed by atoms with E-state index in [0.717, 1.165) is 25.9 Å². The maximum absolute atomic E-state index is 11.5. The summed E-state index contributed by atoms with van der Waals surface area (Å²) < 4.78 is 5.05. The topological polar surface area (TPSA) is 87.7 Å². The van der Waals surface area contributed by atoms with E-state index in [1.807, 2.05) is 0 Å². The summed E-state index contributed by atoms with van der Waals surface area (Å²) in [5, 5.41) is 14.2. The molecule has 1 unspecified atom stereocenters. The van der Waals surface area contributed by atoms with E-state index in [9.17, 15) is 9.59 Å². The van der Waals surface area contributed by atoms with Crippen molar-refractivity contribution in [3.05, 3.63) is 0 Å². The molecule has 6 nitrogen and oxygen atoms in total. The highest BCUT2D eigenvalue weighted by Gasteiger charge is 2.42. The predicted molar refractivity (Wildman–Crippen MR) is 71.0 cm³/mol. The van der Waals surface area contributed by atoms with Crippen molar-refractivity contribution in [3.63, 3.8) is 0 Å². The Morgan fingerprint density at radius 2 is 2.05 bits per heavy atom. The zero-order chi connectivity index (χ0) is 14.3. The molecule has 1 saturated carbocycles.